The molecular formula is C18H17N3O2. The van der Waals surface area contributed by atoms with Crippen LogP contribution in [0, 0.1) is 0 Å². The van der Waals surface area contributed by atoms with Crippen LogP contribution in [0.5, 0.6) is 5.75 Å². The van der Waals surface area contributed by atoms with Gasteiger partial charge in [-0.25, -0.2) is 4.98 Å². The summed E-state index contributed by atoms with van der Waals surface area (Å²) in [6.07, 6.45) is 6.80. The Labute approximate surface area is 133 Å². The van der Waals surface area contributed by atoms with E-state index in [2.05, 4.69) is 10.3 Å². The molecule has 3 aromatic rings. The number of amides is 1. The molecule has 1 aliphatic rings. The molecule has 5 nitrogen and oxygen atoms in total. The van der Waals surface area contributed by atoms with Gasteiger partial charge in [-0.1, -0.05) is 6.07 Å². The summed E-state index contributed by atoms with van der Waals surface area (Å²) in [5.74, 6) is -0.0527. The van der Waals surface area contributed by atoms with Crippen molar-refractivity contribution in [3.63, 3.8) is 0 Å². The van der Waals surface area contributed by atoms with Gasteiger partial charge in [-0.15, -0.1) is 0 Å². The highest BCUT2D eigenvalue weighted by Crippen LogP contribution is 2.28. The molecule has 0 bridgehead atoms. The number of carbonyl (C=O) groups is 1. The average Bonchev–Trinajstić information content (AvgIpc) is 2.99. The molecule has 2 N–H and O–H groups in total. The Morgan fingerprint density at radius 3 is 2.91 bits per heavy atom. The summed E-state index contributed by atoms with van der Waals surface area (Å²) >= 11 is 0. The normalized spacial score (nSPS) is 14.6. The van der Waals surface area contributed by atoms with Gasteiger partial charge in [0.05, 0.1) is 11.3 Å². The molecule has 0 spiro atoms. The third kappa shape index (κ3) is 2.44. The highest BCUT2D eigenvalue weighted by molar-refractivity contribution is 6.01. The van der Waals surface area contributed by atoms with E-state index in [4.69, 9.17) is 0 Å². The molecule has 1 fully saturated rings. The highest BCUT2D eigenvalue weighted by atomic mass is 16.3. The Morgan fingerprint density at radius 1 is 1.26 bits per heavy atom. The van der Waals surface area contributed by atoms with E-state index >= 15 is 0 Å². The van der Waals surface area contributed by atoms with Crippen LogP contribution in [0.25, 0.3) is 16.9 Å². The minimum Gasteiger partial charge on any atom is -0.508 e. The van der Waals surface area contributed by atoms with E-state index in [0.717, 1.165) is 36.2 Å². The minimum absolute atomic E-state index is 0.0883. The van der Waals surface area contributed by atoms with Crippen LogP contribution in [-0.2, 0) is 0 Å². The Bertz CT molecular complexity index is 881. The summed E-state index contributed by atoms with van der Waals surface area (Å²) in [5.41, 5.74) is 2.96. The van der Waals surface area contributed by atoms with E-state index in [1.165, 1.54) is 6.07 Å². The fourth-order valence-electron chi connectivity index (χ4n) is 2.93. The molecule has 1 amide bonds. The predicted octanol–water partition coefficient (Wildman–Crippen LogP) is 2.99. The fourth-order valence-corrected chi connectivity index (χ4v) is 2.93. The van der Waals surface area contributed by atoms with Gasteiger partial charge < -0.3 is 10.4 Å². The van der Waals surface area contributed by atoms with Gasteiger partial charge in [0.15, 0.2) is 0 Å². The largest absolute Gasteiger partial charge is 0.508 e. The lowest BCUT2D eigenvalue weighted by molar-refractivity contribution is 0.0917. The number of benzene rings is 1. The van der Waals surface area contributed by atoms with Crippen LogP contribution in [-0.4, -0.2) is 26.4 Å². The molecule has 0 atom stereocenters. The number of phenolic OH excluding ortho intramolecular Hbond substituents is 1. The second kappa shape index (κ2) is 5.43. The van der Waals surface area contributed by atoms with Gasteiger partial charge in [0.1, 0.15) is 11.4 Å². The first-order chi connectivity index (χ1) is 11.2. The van der Waals surface area contributed by atoms with E-state index < -0.39 is 0 Å². The van der Waals surface area contributed by atoms with Gasteiger partial charge in [-0.3, -0.25) is 9.20 Å². The number of nitrogens with zero attached hydrogens (tertiary/aromatic N) is 2. The van der Waals surface area contributed by atoms with E-state index in [1.807, 2.05) is 28.8 Å². The summed E-state index contributed by atoms with van der Waals surface area (Å²) in [5, 5.41) is 12.8. The number of hydrogen-bond acceptors (Lipinski definition) is 3. The summed E-state index contributed by atoms with van der Waals surface area (Å²) in [6.45, 7) is 0. The Hall–Kier alpha value is -2.82. The molecule has 0 saturated heterocycles. The van der Waals surface area contributed by atoms with E-state index in [1.54, 1.807) is 18.3 Å². The molecule has 0 aliphatic heterocycles. The third-order valence-corrected chi connectivity index (χ3v) is 4.39. The molecular weight excluding hydrogens is 290 g/mol. The van der Waals surface area contributed by atoms with E-state index in [0.29, 0.717) is 5.56 Å². The summed E-state index contributed by atoms with van der Waals surface area (Å²) in [4.78, 5) is 16.9. The molecule has 1 saturated carbocycles. The topological polar surface area (TPSA) is 66.6 Å². The first-order valence-corrected chi connectivity index (χ1v) is 7.79. The van der Waals surface area contributed by atoms with Crippen molar-refractivity contribution in [3.8, 4) is 17.0 Å². The lowest BCUT2D eigenvalue weighted by Gasteiger charge is -2.26. The number of carbonyl (C=O) groups excluding carboxylic acids is 1. The number of pyridine rings is 1. The van der Waals surface area contributed by atoms with Crippen molar-refractivity contribution in [3.05, 3.63) is 54.4 Å². The zero-order valence-electron chi connectivity index (χ0n) is 12.6. The van der Waals surface area contributed by atoms with E-state index in [-0.39, 0.29) is 17.7 Å². The SMILES string of the molecule is O=C(NC1CCC1)c1cc(O)ccc1-c1cccc2nccn12. The molecule has 2 heterocycles. The Balaban J connectivity index is 1.81. The molecule has 4 rings (SSSR count). The minimum atomic E-state index is -0.141. The maximum atomic E-state index is 12.6. The van der Waals surface area contributed by atoms with Gasteiger partial charge >= 0.3 is 0 Å². The summed E-state index contributed by atoms with van der Waals surface area (Å²) < 4.78 is 1.94. The van der Waals surface area contributed by atoms with Gasteiger partial charge in [-0.05, 0) is 49.6 Å². The van der Waals surface area contributed by atoms with Crippen molar-refractivity contribution < 1.29 is 9.90 Å². The smallest absolute Gasteiger partial charge is 0.252 e. The number of imidazole rings is 1. The van der Waals surface area contributed by atoms with Crippen molar-refractivity contribution in [2.24, 2.45) is 0 Å². The van der Waals surface area contributed by atoms with Gasteiger partial charge in [0.2, 0.25) is 0 Å². The second-order valence-corrected chi connectivity index (χ2v) is 5.90. The molecule has 5 heteroatoms. The monoisotopic (exact) mass is 307 g/mol. The molecule has 0 unspecified atom stereocenters. The van der Waals surface area contributed by atoms with Crippen LogP contribution in [0.4, 0.5) is 0 Å². The number of aromatic hydroxyl groups is 1. The molecule has 1 aliphatic carbocycles. The average molecular weight is 307 g/mol. The molecule has 23 heavy (non-hydrogen) atoms. The van der Waals surface area contributed by atoms with Crippen molar-refractivity contribution >= 4 is 11.6 Å². The van der Waals surface area contributed by atoms with Crippen LogP contribution in [0.2, 0.25) is 0 Å². The number of nitrogens with one attached hydrogen (secondary N) is 1. The number of fused-ring (bicyclic) bond motifs is 1. The van der Waals surface area contributed by atoms with Crippen LogP contribution < -0.4 is 5.32 Å². The first kappa shape index (κ1) is 13.8. The lowest BCUT2D eigenvalue weighted by Crippen LogP contribution is -2.39. The van der Waals surface area contributed by atoms with Gasteiger partial charge in [-0.2, -0.15) is 0 Å². The Kier molecular flexibility index (Phi) is 3.26. The lowest BCUT2D eigenvalue weighted by atomic mass is 9.92. The van der Waals surface area contributed by atoms with Crippen molar-refractivity contribution in [1.82, 2.24) is 14.7 Å². The maximum absolute atomic E-state index is 12.6. The standard InChI is InChI=1S/C18H17N3O2/c22-13-7-8-14(15(11-13)18(23)20-12-3-1-4-12)16-5-2-6-17-19-9-10-21(16)17/h2,5-12,22H,1,3-4H2,(H,20,23). The van der Waals surface area contributed by atoms with E-state index in [9.17, 15) is 9.90 Å². The number of hydrogen-bond donors (Lipinski definition) is 2. The predicted molar refractivity (Wildman–Crippen MR) is 87.4 cm³/mol. The van der Waals surface area contributed by atoms with Gasteiger partial charge in [0, 0.05) is 24.0 Å². The van der Waals surface area contributed by atoms with Crippen molar-refractivity contribution in [2.45, 2.75) is 25.3 Å². The molecule has 116 valence electrons. The van der Waals surface area contributed by atoms with Gasteiger partial charge in [0.25, 0.3) is 5.91 Å². The first-order valence-electron chi connectivity index (χ1n) is 7.79. The summed E-state index contributed by atoms with van der Waals surface area (Å²) in [7, 11) is 0. The number of phenols is 1. The van der Waals surface area contributed by atoms with Crippen molar-refractivity contribution in [2.75, 3.05) is 0 Å². The van der Waals surface area contributed by atoms with Crippen LogP contribution in [0.3, 0.4) is 0 Å². The third-order valence-electron chi connectivity index (χ3n) is 4.39. The second-order valence-electron chi connectivity index (χ2n) is 5.90. The van der Waals surface area contributed by atoms with Crippen LogP contribution >= 0.6 is 0 Å². The van der Waals surface area contributed by atoms with Crippen molar-refractivity contribution in [1.29, 1.82) is 0 Å². The maximum Gasteiger partial charge on any atom is 0.252 e. The molecule has 2 aromatic heterocycles. The number of aromatic nitrogens is 2. The summed E-state index contributed by atoms with van der Waals surface area (Å²) in [6, 6.07) is 10.9. The zero-order valence-corrected chi connectivity index (χ0v) is 12.6. The highest BCUT2D eigenvalue weighted by Gasteiger charge is 2.22. The molecule has 1 aromatic carbocycles. The Morgan fingerprint density at radius 2 is 2.13 bits per heavy atom. The van der Waals surface area contributed by atoms with Crippen LogP contribution in [0.1, 0.15) is 29.6 Å². The van der Waals surface area contributed by atoms with Crippen LogP contribution in [0.15, 0.2) is 48.8 Å². The zero-order chi connectivity index (χ0) is 15.8. The quantitative estimate of drug-likeness (QED) is 0.781. The number of rotatable bonds is 3. The fraction of sp³-hybridized carbons (Fsp3) is 0.222. The molecule has 0 radical (unpaired) electrons.